The third-order valence-electron chi connectivity index (χ3n) is 5.56. The van der Waals surface area contributed by atoms with E-state index in [4.69, 9.17) is 11.6 Å². The number of hydrogen-bond acceptors (Lipinski definition) is 5. The van der Waals surface area contributed by atoms with Gasteiger partial charge in [-0.1, -0.05) is 42.0 Å². The molecule has 9 heteroatoms. The minimum absolute atomic E-state index is 0.0974. The second-order valence-electron chi connectivity index (χ2n) is 7.40. The number of benzene rings is 2. The van der Waals surface area contributed by atoms with Gasteiger partial charge in [0.15, 0.2) is 0 Å². The first-order valence-corrected chi connectivity index (χ1v) is 10.1. The van der Waals surface area contributed by atoms with Crippen molar-refractivity contribution >= 4 is 35.0 Å². The number of carbonyl (C=O) groups is 3. The highest BCUT2D eigenvalue weighted by atomic mass is 35.5. The number of fused-ring (bicyclic) bond motifs is 1. The van der Waals surface area contributed by atoms with Crippen molar-refractivity contribution in [2.75, 3.05) is 0 Å². The molecular formula is C22H18ClN3O5. The molecule has 2 aromatic rings. The number of amides is 3. The fraction of sp³-hybridized carbons (Fsp3) is 0.227. The molecule has 0 unspecified atom stereocenters. The Labute approximate surface area is 182 Å². The summed E-state index contributed by atoms with van der Waals surface area (Å²) in [5.74, 6) is -2.49. The Morgan fingerprint density at radius 3 is 2.16 bits per heavy atom. The number of nitro benzene ring substituents is 1. The molecule has 0 radical (unpaired) electrons. The third-order valence-corrected chi connectivity index (χ3v) is 5.93. The van der Waals surface area contributed by atoms with E-state index >= 15 is 0 Å². The van der Waals surface area contributed by atoms with Crippen molar-refractivity contribution < 1.29 is 19.3 Å². The largest absolute Gasteiger partial charge is 0.273 e. The second kappa shape index (κ2) is 8.31. The van der Waals surface area contributed by atoms with Gasteiger partial charge in [-0.25, -0.2) is 5.01 Å². The summed E-state index contributed by atoms with van der Waals surface area (Å²) in [5.41, 5.74) is 0.513. The fourth-order valence-electron chi connectivity index (χ4n) is 3.92. The minimum Gasteiger partial charge on any atom is -0.272 e. The van der Waals surface area contributed by atoms with Crippen LogP contribution in [0.25, 0.3) is 0 Å². The van der Waals surface area contributed by atoms with E-state index in [-0.39, 0.29) is 17.8 Å². The van der Waals surface area contributed by atoms with Gasteiger partial charge in [0.1, 0.15) is 0 Å². The molecule has 3 amide bonds. The molecule has 8 nitrogen and oxygen atoms in total. The Hall–Kier alpha value is -3.52. The van der Waals surface area contributed by atoms with Crippen LogP contribution in [0.4, 0.5) is 5.69 Å². The SMILES string of the molecule is O=C(c1ccc([N+](=O)[O-])cc1)N(Cc1ccccc1Cl)N1C(=O)[C@H]2CC=CC[C@@H]2C1=O. The Balaban J connectivity index is 1.72. The molecule has 0 N–H and O–H groups in total. The van der Waals surface area contributed by atoms with Crippen LogP contribution < -0.4 is 0 Å². The van der Waals surface area contributed by atoms with Gasteiger partial charge in [0, 0.05) is 22.7 Å². The van der Waals surface area contributed by atoms with Crippen molar-refractivity contribution in [3.63, 3.8) is 0 Å². The first-order valence-electron chi connectivity index (χ1n) is 9.71. The molecule has 158 valence electrons. The molecule has 1 aliphatic heterocycles. The Morgan fingerprint density at radius 2 is 1.61 bits per heavy atom. The van der Waals surface area contributed by atoms with Gasteiger partial charge in [0.25, 0.3) is 23.4 Å². The number of nitrogens with zero attached hydrogens (tertiary/aromatic N) is 3. The van der Waals surface area contributed by atoms with Crippen LogP contribution in [-0.4, -0.2) is 32.7 Å². The molecular weight excluding hydrogens is 422 g/mol. The van der Waals surface area contributed by atoms with E-state index in [0.29, 0.717) is 23.4 Å². The zero-order valence-corrected chi connectivity index (χ0v) is 17.1. The summed E-state index contributed by atoms with van der Waals surface area (Å²) < 4.78 is 0. The monoisotopic (exact) mass is 439 g/mol. The van der Waals surface area contributed by atoms with Gasteiger partial charge in [-0.15, -0.1) is 0 Å². The zero-order chi connectivity index (χ0) is 22.1. The Morgan fingerprint density at radius 1 is 1.03 bits per heavy atom. The van der Waals surface area contributed by atoms with E-state index in [1.54, 1.807) is 24.3 Å². The molecule has 1 saturated heterocycles. The predicted molar refractivity (Wildman–Crippen MR) is 112 cm³/mol. The lowest BCUT2D eigenvalue weighted by Crippen LogP contribution is -2.49. The lowest BCUT2D eigenvalue weighted by atomic mass is 9.85. The van der Waals surface area contributed by atoms with Gasteiger partial charge in [0.05, 0.1) is 23.3 Å². The number of carbonyl (C=O) groups excluding carboxylic acids is 3. The van der Waals surface area contributed by atoms with Gasteiger partial charge >= 0.3 is 0 Å². The predicted octanol–water partition coefficient (Wildman–Crippen LogP) is 3.76. The van der Waals surface area contributed by atoms with Crippen LogP contribution in [0.5, 0.6) is 0 Å². The topological polar surface area (TPSA) is 101 Å². The average molecular weight is 440 g/mol. The zero-order valence-electron chi connectivity index (χ0n) is 16.3. The molecule has 0 saturated carbocycles. The third kappa shape index (κ3) is 3.82. The van der Waals surface area contributed by atoms with E-state index in [1.807, 2.05) is 12.2 Å². The van der Waals surface area contributed by atoms with E-state index < -0.39 is 34.5 Å². The van der Waals surface area contributed by atoms with Crippen molar-refractivity contribution in [2.24, 2.45) is 11.8 Å². The van der Waals surface area contributed by atoms with Crippen molar-refractivity contribution in [2.45, 2.75) is 19.4 Å². The summed E-state index contributed by atoms with van der Waals surface area (Å²) in [6, 6.07) is 11.9. The maximum atomic E-state index is 13.4. The number of hydrazine groups is 1. The van der Waals surface area contributed by atoms with Gasteiger partial charge in [-0.3, -0.25) is 24.5 Å². The maximum absolute atomic E-state index is 13.4. The highest BCUT2D eigenvalue weighted by molar-refractivity contribution is 6.31. The molecule has 2 aliphatic rings. The summed E-state index contributed by atoms with van der Waals surface area (Å²) in [5, 5.41) is 13.3. The molecule has 2 atom stereocenters. The number of halogens is 1. The van der Waals surface area contributed by atoms with Crippen molar-refractivity contribution in [3.8, 4) is 0 Å². The van der Waals surface area contributed by atoms with E-state index in [9.17, 15) is 24.5 Å². The Kier molecular flexibility index (Phi) is 5.56. The number of allylic oxidation sites excluding steroid dienone is 2. The van der Waals surface area contributed by atoms with Crippen molar-refractivity contribution in [1.82, 2.24) is 10.0 Å². The van der Waals surface area contributed by atoms with Crippen molar-refractivity contribution in [1.29, 1.82) is 0 Å². The number of non-ortho nitro benzene ring substituents is 1. The normalized spacial score (nSPS) is 20.0. The summed E-state index contributed by atoms with van der Waals surface area (Å²) in [7, 11) is 0. The quantitative estimate of drug-likeness (QED) is 0.305. The van der Waals surface area contributed by atoms with Gasteiger partial charge < -0.3 is 0 Å². The van der Waals surface area contributed by atoms with Crippen LogP contribution in [0.2, 0.25) is 5.02 Å². The van der Waals surface area contributed by atoms with E-state index in [2.05, 4.69) is 0 Å². The highest BCUT2D eigenvalue weighted by Gasteiger charge is 2.50. The van der Waals surface area contributed by atoms with Crippen LogP contribution >= 0.6 is 11.6 Å². The first-order chi connectivity index (χ1) is 14.9. The molecule has 0 spiro atoms. The van der Waals surface area contributed by atoms with Gasteiger partial charge in [-0.2, -0.15) is 5.01 Å². The second-order valence-corrected chi connectivity index (χ2v) is 7.81. The number of nitro groups is 1. The molecule has 0 bridgehead atoms. The summed E-state index contributed by atoms with van der Waals surface area (Å²) in [6.45, 7) is -0.0974. The fourth-order valence-corrected chi connectivity index (χ4v) is 4.11. The molecule has 1 aliphatic carbocycles. The highest BCUT2D eigenvalue weighted by Crippen LogP contribution is 2.37. The summed E-state index contributed by atoms with van der Waals surface area (Å²) in [4.78, 5) is 49.9. The number of imide groups is 1. The van der Waals surface area contributed by atoms with Crippen LogP contribution in [0, 0.1) is 22.0 Å². The van der Waals surface area contributed by atoms with Gasteiger partial charge in [0.2, 0.25) is 0 Å². The molecule has 0 aromatic heterocycles. The summed E-state index contributed by atoms with van der Waals surface area (Å²) in [6.07, 6.45) is 4.62. The van der Waals surface area contributed by atoms with Crippen LogP contribution in [0.3, 0.4) is 0 Å². The van der Waals surface area contributed by atoms with Crippen LogP contribution in [0.1, 0.15) is 28.8 Å². The molecule has 1 heterocycles. The minimum atomic E-state index is -0.622. The molecule has 2 aromatic carbocycles. The average Bonchev–Trinajstić information content (AvgIpc) is 3.03. The van der Waals surface area contributed by atoms with Gasteiger partial charge in [-0.05, 0) is 36.6 Å². The lowest BCUT2D eigenvalue weighted by Gasteiger charge is -2.31. The lowest BCUT2D eigenvalue weighted by molar-refractivity contribution is -0.384. The Bertz CT molecular complexity index is 1070. The number of hydrogen-bond donors (Lipinski definition) is 0. The van der Waals surface area contributed by atoms with Crippen molar-refractivity contribution in [3.05, 3.63) is 86.9 Å². The summed E-state index contributed by atoms with van der Waals surface area (Å²) >= 11 is 6.26. The van der Waals surface area contributed by atoms with Crippen LogP contribution in [0.15, 0.2) is 60.7 Å². The smallest absolute Gasteiger partial charge is 0.272 e. The first kappa shape index (κ1) is 20.7. The van der Waals surface area contributed by atoms with E-state index in [1.165, 1.54) is 24.3 Å². The number of rotatable bonds is 5. The molecule has 4 rings (SSSR count). The maximum Gasteiger partial charge on any atom is 0.273 e. The van der Waals surface area contributed by atoms with E-state index in [0.717, 1.165) is 10.0 Å². The molecule has 31 heavy (non-hydrogen) atoms. The standard InChI is InChI=1S/C22H18ClN3O5/c23-19-8-4-1-5-15(19)13-24(20(27)14-9-11-16(12-10-14)26(30)31)25-21(28)17-6-2-3-7-18(17)22(25)29/h1-5,8-12,17-18H,6-7,13H2/t17-,18-/m0/s1. The molecule has 1 fully saturated rings. The van der Waals surface area contributed by atoms with Crippen LogP contribution in [-0.2, 0) is 16.1 Å².